The fourth-order valence-electron chi connectivity index (χ4n) is 3.92. The summed E-state index contributed by atoms with van der Waals surface area (Å²) in [6.45, 7) is 3.58. The first kappa shape index (κ1) is 17.6. The predicted molar refractivity (Wildman–Crippen MR) is 109 cm³/mol. The molecule has 4 heteroatoms. The van der Waals surface area contributed by atoms with Gasteiger partial charge in [-0.15, -0.1) is 0 Å². The molecule has 0 spiro atoms. The van der Waals surface area contributed by atoms with E-state index in [0.717, 1.165) is 31.9 Å². The van der Waals surface area contributed by atoms with E-state index in [1.165, 1.54) is 23.3 Å². The van der Waals surface area contributed by atoms with Crippen LogP contribution in [-0.4, -0.2) is 31.1 Å². The number of nitrogens with zero attached hydrogens (tertiary/aromatic N) is 2. The second kappa shape index (κ2) is 7.80. The molecule has 0 radical (unpaired) electrons. The van der Waals surface area contributed by atoms with Gasteiger partial charge in [-0.05, 0) is 29.3 Å². The minimum Gasteiger partial charge on any atom is -0.397 e. The van der Waals surface area contributed by atoms with Gasteiger partial charge < -0.3 is 10.6 Å². The third-order valence-electron chi connectivity index (χ3n) is 5.24. The number of benzene rings is 3. The number of anilines is 2. The Labute approximate surface area is 159 Å². The molecule has 0 amide bonds. The minimum absolute atomic E-state index is 0.236. The minimum atomic E-state index is -0.289. The van der Waals surface area contributed by atoms with Crippen molar-refractivity contribution in [2.45, 2.75) is 6.04 Å². The second-order valence-electron chi connectivity index (χ2n) is 6.95. The molecule has 138 valence electrons. The molecular formula is C23H24FN3. The molecule has 0 unspecified atom stereocenters. The lowest BCUT2D eigenvalue weighted by Gasteiger charge is -2.41. The number of nitrogens with two attached hydrogens (primary N) is 1. The summed E-state index contributed by atoms with van der Waals surface area (Å²) < 4.78 is 13.4. The van der Waals surface area contributed by atoms with E-state index in [1.807, 2.05) is 0 Å². The molecule has 1 heterocycles. The van der Waals surface area contributed by atoms with E-state index in [2.05, 4.69) is 70.5 Å². The molecule has 1 saturated heterocycles. The van der Waals surface area contributed by atoms with E-state index in [4.69, 9.17) is 5.73 Å². The quantitative estimate of drug-likeness (QED) is 0.703. The lowest BCUT2D eigenvalue weighted by Crippen LogP contribution is -2.48. The van der Waals surface area contributed by atoms with Gasteiger partial charge in [-0.2, -0.15) is 0 Å². The Hall–Kier alpha value is -2.85. The van der Waals surface area contributed by atoms with Crippen molar-refractivity contribution in [1.82, 2.24) is 4.90 Å². The van der Waals surface area contributed by atoms with Crippen molar-refractivity contribution in [3.8, 4) is 0 Å². The number of halogens is 1. The van der Waals surface area contributed by atoms with Crippen LogP contribution in [-0.2, 0) is 0 Å². The first-order valence-electron chi connectivity index (χ1n) is 9.36. The maximum absolute atomic E-state index is 13.4. The zero-order valence-corrected chi connectivity index (χ0v) is 15.3. The largest absolute Gasteiger partial charge is 0.397 e. The lowest BCUT2D eigenvalue weighted by atomic mass is 9.96. The molecule has 0 aromatic heterocycles. The summed E-state index contributed by atoms with van der Waals surface area (Å²) in [5.41, 5.74) is 10.1. The Balaban J connectivity index is 1.55. The van der Waals surface area contributed by atoms with E-state index in [1.54, 1.807) is 6.07 Å². The van der Waals surface area contributed by atoms with Gasteiger partial charge in [-0.3, -0.25) is 4.90 Å². The molecule has 1 aliphatic heterocycles. The highest BCUT2D eigenvalue weighted by Crippen LogP contribution is 2.31. The van der Waals surface area contributed by atoms with Crippen molar-refractivity contribution in [2.75, 3.05) is 36.8 Å². The molecule has 3 aromatic carbocycles. The van der Waals surface area contributed by atoms with Crippen LogP contribution >= 0.6 is 0 Å². The first-order chi connectivity index (χ1) is 13.2. The highest BCUT2D eigenvalue weighted by atomic mass is 19.1. The molecule has 0 aliphatic carbocycles. The topological polar surface area (TPSA) is 32.5 Å². The fraction of sp³-hybridized carbons (Fsp3) is 0.217. The number of hydrogen-bond acceptors (Lipinski definition) is 3. The van der Waals surface area contributed by atoms with Crippen molar-refractivity contribution in [1.29, 1.82) is 0 Å². The average molecular weight is 361 g/mol. The highest BCUT2D eigenvalue weighted by Gasteiger charge is 2.26. The second-order valence-corrected chi connectivity index (χ2v) is 6.95. The van der Waals surface area contributed by atoms with E-state index in [-0.39, 0.29) is 11.9 Å². The fourth-order valence-corrected chi connectivity index (χ4v) is 3.92. The smallest absolute Gasteiger partial charge is 0.125 e. The van der Waals surface area contributed by atoms with Gasteiger partial charge in [0.2, 0.25) is 0 Å². The Bertz CT molecular complexity index is 835. The zero-order chi connectivity index (χ0) is 18.6. The van der Waals surface area contributed by atoms with Crippen molar-refractivity contribution >= 4 is 11.4 Å². The van der Waals surface area contributed by atoms with Crippen molar-refractivity contribution in [3.05, 3.63) is 95.8 Å². The third-order valence-corrected chi connectivity index (χ3v) is 5.24. The summed E-state index contributed by atoms with van der Waals surface area (Å²) in [7, 11) is 0. The van der Waals surface area contributed by atoms with Crippen LogP contribution in [0.3, 0.4) is 0 Å². The predicted octanol–water partition coefficient (Wildman–Crippen LogP) is 4.32. The van der Waals surface area contributed by atoms with Crippen LogP contribution in [0.2, 0.25) is 0 Å². The van der Waals surface area contributed by atoms with Gasteiger partial charge in [-0.1, -0.05) is 60.7 Å². The maximum atomic E-state index is 13.4. The molecule has 2 N–H and O–H groups in total. The van der Waals surface area contributed by atoms with E-state index in [0.29, 0.717) is 5.69 Å². The molecule has 0 saturated carbocycles. The van der Waals surface area contributed by atoms with Crippen LogP contribution in [0.4, 0.5) is 15.8 Å². The summed E-state index contributed by atoms with van der Waals surface area (Å²) in [6, 6.07) is 26.2. The number of nitrogen functional groups attached to an aromatic ring is 1. The molecule has 1 fully saturated rings. The van der Waals surface area contributed by atoms with Crippen molar-refractivity contribution < 1.29 is 4.39 Å². The van der Waals surface area contributed by atoms with E-state index >= 15 is 0 Å². The SMILES string of the molecule is Nc1cc(F)ccc1N1CCN(C(c2ccccc2)c2ccccc2)CC1. The molecule has 27 heavy (non-hydrogen) atoms. The monoisotopic (exact) mass is 361 g/mol. The lowest BCUT2D eigenvalue weighted by molar-refractivity contribution is 0.212. The Morgan fingerprint density at radius 2 is 1.30 bits per heavy atom. The summed E-state index contributed by atoms with van der Waals surface area (Å²) in [4.78, 5) is 4.76. The number of hydrogen-bond donors (Lipinski definition) is 1. The van der Waals surface area contributed by atoms with Crippen LogP contribution in [0, 0.1) is 5.82 Å². The highest BCUT2D eigenvalue weighted by molar-refractivity contribution is 5.67. The Morgan fingerprint density at radius 1 is 0.741 bits per heavy atom. The van der Waals surface area contributed by atoms with Gasteiger partial charge in [0, 0.05) is 26.2 Å². The van der Waals surface area contributed by atoms with Gasteiger partial charge in [-0.25, -0.2) is 4.39 Å². The van der Waals surface area contributed by atoms with E-state index < -0.39 is 0 Å². The molecule has 0 atom stereocenters. The summed E-state index contributed by atoms with van der Waals surface area (Å²) >= 11 is 0. The van der Waals surface area contributed by atoms with Gasteiger partial charge in [0.1, 0.15) is 5.82 Å². The first-order valence-corrected chi connectivity index (χ1v) is 9.36. The molecule has 4 rings (SSSR count). The summed E-state index contributed by atoms with van der Waals surface area (Å²) in [6.07, 6.45) is 0. The standard InChI is InChI=1S/C23H24FN3/c24-20-11-12-22(21(25)17-20)26-13-15-27(16-14-26)23(18-7-3-1-4-8-18)19-9-5-2-6-10-19/h1-12,17,23H,13-16,25H2. The van der Waals surface area contributed by atoms with Gasteiger partial charge in [0.15, 0.2) is 0 Å². The Kier molecular flexibility index (Phi) is 5.07. The number of rotatable bonds is 4. The van der Waals surface area contributed by atoms with Crippen LogP contribution in [0.5, 0.6) is 0 Å². The average Bonchev–Trinajstić information content (AvgIpc) is 2.71. The van der Waals surface area contributed by atoms with Crippen molar-refractivity contribution in [2.24, 2.45) is 0 Å². The summed E-state index contributed by atoms with van der Waals surface area (Å²) in [5.74, 6) is -0.289. The van der Waals surface area contributed by atoms with E-state index in [9.17, 15) is 4.39 Å². The third kappa shape index (κ3) is 3.81. The van der Waals surface area contributed by atoms with Gasteiger partial charge in [0.25, 0.3) is 0 Å². The molecular weight excluding hydrogens is 337 g/mol. The van der Waals surface area contributed by atoms with Crippen LogP contribution in [0.25, 0.3) is 0 Å². The molecule has 0 bridgehead atoms. The van der Waals surface area contributed by atoms with Crippen LogP contribution in [0.15, 0.2) is 78.9 Å². The normalized spacial score (nSPS) is 15.3. The molecule has 3 aromatic rings. The number of piperazine rings is 1. The zero-order valence-electron chi connectivity index (χ0n) is 15.3. The maximum Gasteiger partial charge on any atom is 0.125 e. The van der Waals surface area contributed by atoms with Crippen molar-refractivity contribution in [3.63, 3.8) is 0 Å². The van der Waals surface area contributed by atoms with Gasteiger partial charge in [0.05, 0.1) is 17.4 Å². The van der Waals surface area contributed by atoms with Gasteiger partial charge >= 0.3 is 0 Å². The Morgan fingerprint density at radius 3 is 1.81 bits per heavy atom. The summed E-state index contributed by atoms with van der Waals surface area (Å²) in [5, 5.41) is 0. The van der Waals surface area contributed by atoms with Crippen LogP contribution in [0.1, 0.15) is 17.2 Å². The molecule has 1 aliphatic rings. The molecule has 3 nitrogen and oxygen atoms in total. The van der Waals surface area contributed by atoms with Crippen LogP contribution < -0.4 is 10.6 Å².